The monoisotopic (exact) mass is 305 g/mol. The lowest BCUT2D eigenvalue weighted by molar-refractivity contribution is 0.952. The number of allylic oxidation sites excluding steroid dienone is 2. The standard InChI is InChI=1S/C12H14.C10H13N/c1-9-7-11-5-3-4-6-12(11)8-10(9)2;1-3-8-11-10-7-5-4-6-9(10)2/h3-6H,7-8H2,1-2H3;4-8H,3H2,1-2H3. The third kappa shape index (κ3) is 4.92. The van der Waals surface area contributed by atoms with Crippen molar-refractivity contribution in [3.05, 3.63) is 76.4 Å². The highest BCUT2D eigenvalue weighted by Gasteiger charge is 2.10. The number of nitrogens with zero attached hydrogens (tertiary/aromatic N) is 1. The highest BCUT2D eigenvalue weighted by atomic mass is 14.7. The molecule has 3 rings (SSSR count). The van der Waals surface area contributed by atoms with E-state index in [1.54, 1.807) is 11.1 Å². The predicted octanol–water partition coefficient (Wildman–Crippen LogP) is 6.23. The van der Waals surface area contributed by atoms with Gasteiger partial charge in [0.15, 0.2) is 0 Å². The molecule has 1 nitrogen and oxygen atoms in total. The Hall–Kier alpha value is -2.15. The Morgan fingerprint density at radius 2 is 1.35 bits per heavy atom. The van der Waals surface area contributed by atoms with Crippen LogP contribution < -0.4 is 0 Å². The molecule has 0 N–H and O–H groups in total. The first-order valence-electron chi connectivity index (χ1n) is 8.42. The normalized spacial score (nSPS) is 13.6. The van der Waals surface area contributed by atoms with Crippen LogP contribution in [0.5, 0.6) is 0 Å². The number of benzene rings is 2. The zero-order valence-corrected chi connectivity index (χ0v) is 14.8. The average Bonchev–Trinajstić information content (AvgIpc) is 2.56. The lowest BCUT2D eigenvalue weighted by Gasteiger charge is -2.18. The molecule has 0 unspecified atom stereocenters. The molecular formula is C22H27N. The van der Waals surface area contributed by atoms with Crippen molar-refractivity contribution in [2.24, 2.45) is 4.99 Å². The summed E-state index contributed by atoms with van der Waals surface area (Å²) in [6.07, 6.45) is 5.24. The Kier molecular flexibility index (Phi) is 6.34. The van der Waals surface area contributed by atoms with Gasteiger partial charge in [-0.15, -0.1) is 0 Å². The van der Waals surface area contributed by atoms with Crippen LogP contribution in [-0.2, 0) is 12.8 Å². The van der Waals surface area contributed by atoms with Gasteiger partial charge in [-0.1, -0.05) is 60.5 Å². The zero-order valence-electron chi connectivity index (χ0n) is 14.8. The first-order chi connectivity index (χ1) is 11.1. The summed E-state index contributed by atoms with van der Waals surface area (Å²) < 4.78 is 0. The van der Waals surface area contributed by atoms with Gasteiger partial charge in [0.2, 0.25) is 0 Å². The molecule has 120 valence electrons. The van der Waals surface area contributed by atoms with E-state index in [4.69, 9.17) is 0 Å². The third-order valence-electron chi connectivity index (χ3n) is 4.29. The summed E-state index contributed by atoms with van der Waals surface area (Å²) in [4.78, 5) is 4.30. The smallest absolute Gasteiger partial charge is 0.0654 e. The molecule has 0 spiro atoms. The van der Waals surface area contributed by atoms with Gasteiger partial charge in [-0.05, 0) is 62.8 Å². The second kappa shape index (κ2) is 8.47. The minimum atomic E-state index is 0.994. The van der Waals surface area contributed by atoms with Crippen LogP contribution in [0.25, 0.3) is 0 Å². The SMILES string of the molecule is CC1=C(C)Cc2ccccc2C1.CCC=Nc1ccccc1C. The van der Waals surface area contributed by atoms with Crippen molar-refractivity contribution in [3.63, 3.8) is 0 Å². The Bertz CT molecular complexity index is 674. The molecule has 1 aliphatic rings. The quantitative estimate of drug-likeness (QED) is 0.461. The number of fused-ring (bicyclic) bond motifs is 1. The fourth-order valence-electron chi connectivity index (χ4n) is 2.67. The molecule has 2 aromatic rings. The van der Waals surface area contributed by atoms with E-state index < -0.39 is 0 Å². The van der Waals surface area contributed by atoms with Gasteiger partial charge in [-0.3, -0.25) is 4.99 Å². The molecule has 1 aliphatic carbocycles. The summed E-state index contributed by atoms with van der Waals surface area (Å²) in [5, 5.41) is 0. The van der Waals surface area contributed by atoms with E-state index in [9.17, 15) is 0 Å². The number of para-hydroxylation sites is 1. The van der Waals surface area contributed by atoms with Crippen LogP contribution in [-0.4, -0.2) is 6.21 Å². The van der Waals surface area contributed by atoms with Crippen LogP contribution in [0.15, 0.2) is 64.7 Å². The van der Waals surface area contributed by atoms with Crippen molar-refractivity contribution in [2.75, 3.05) is 0 Å². The van der Waals surface area contributed by atoms with Gasteiger partial charge < -0.3 is 0 Å². The third-order valence-corrected chi connectivity index (χ3v) is 4.29. The fraction of sp³-hybridized carbons (Fsp3) is 0.318. The molecule has 0 saturated carbocycles. The Morgan fingerprint density at radius 1 is 0.826 bits per heavy atom. The second-order valence-electron chi connectivity index (χ2n) is 6.19. The minimum Gasteiger partial charge on any atom is -0.261 e. The lowest BCUT2D eigenvalue weighted by Crippen LogP contribution is -2.04. The van der Waals surface area contributed by atoms with E-state index >= 15 is 0 Å². The maximum atomic E-state index is 4.30. The molecule has 0 bridgehead atoms. The second-order valence-corrected chi connectivity index (χ2v) is 6.19. The highest BCUT2D eigenvalue weighted by molar-refractivity contribution is 5.64. The van der Waals surface area contributed by atoms with E-state index in [-0.39, 0.29) is 0 Å². The molecule has 0 heterocycles. The molecule has 2 aromatic carbocycles. The number of hydrogen-bond donors (Lipinski definition) is 0. The molecule has 0 atom stereocenters. The number of aliphatic imine (C=N–C) groups is 1. The summed E-state index contributed by atoms with van der Waals surface area (Å²) in [7, 11) is 0. The van der Waals surface area contributed by atoms with Crippen LogP contribution in [0.4, 0.5) is 5.69 Å². The molecule has 0 aliphatic heterocycles. The summed E-state index contributed by atoms with van der Waals surface area (Å²) in [6, 6.07) is 16.9. The molecule has 0 radical (unpaired) electrons. The van der Waals surface area contributed by atoms with Crippen LogP contribution >= 0.6 is 0 Å². The number of rotatable bonds is 2. The molecule has 0 aromatic heterocycles. The van der Waals surface area contributed by atoms with Crippen molar-refractivity contribution >= 4 is 11.9 Å². The fourth-order valence-corrected chi connectivity index (χ4v) is 2.67. The Balaban J connectivity index is 0.000000168. The largest absolute Gasteiger partial charge is 0.261 e. The first-order valence-corrected chi connectivity index (χ1v) is 8.42. The van der Waals surface area contributed by atoms with E-state index in [1.165, 1.54) is 16.7 Å². The topological polar surface area (TPSA) is 12.4 Å². The number of hydrogen-bond acceptors (Lipinski definition) is 1. The van der Waals surface area contributed by atoms with Gasteiger partial charge >= 0.3 is 0 Å². The van der Waals surface area contributed by atoms with Gasteiger partial charge in [0.25, 0.3) is 0 Å². The van der Waals surface area contributed by atoms with Crippen LogP contribution in [0.1, 0.15) is 43.9 Å². The van der Waals surface area contributed by atoms with E-state index in [0.29, 0.717) is 0 Å². The maximum absolute atomic E-state index is 4.30. The van der Waals surface area contributed by atoms with Crippen LogP contribution in [0, 0.1) is 6.92 Å². The molecule has 23 heavy (non-hydrogen) atoms. The summed E-state index contributed by atoms with van der Waals surface area (Å²) in [6.45, 7) is 8.64. The van der Waals surface area contributed by atoms with E-state index in [1.807, 2.05) is 24.4 Å². The Morgan fingerprint density at radius 3 is 1.87 bits per heavy atom. The van der Waals surface area contributed by atoms with Crippen molar-refractivity contribution in [3.8, 4) is 0 Å². The van der Waals surface area contributed by atoms with E-state index in [2.05, 4.69) is 63.0 Å². The molecular weight excluding hydrogens is 278 g/mol. The lowest BCUT2D eigenvalue weighted by atomic mass is 9.88. The summed E-state index contributed by atoms with van der Waals surface area (Å²) in [5.74, 6) is 0. The molecule has 1 heteroatoms. The van der Waals surface area contributed by atoms with Crippen molar-refractivity contribution in [2.45, 2.75) is 47.0 Å². The van der Waals surface area contributed by atoms with Gasteiger partial charge in [-0.25, -0.2) is 0 Å². The minimum absolute atomic E-state index is 0.994. The molecule has 0 amide bonds. The molecule has 0 saturated heterocycles. The predicted molar refractivity (Wildman–Crippen MR) is 102 cm³/mol. The van der Waals surface area contributed by atoms with Crippen LogP contribution in [0.3, 0.4) is 0 Å². The Labute approximate surface area is 140 Å². The van der Waals surface area contributed by atoms with Crippen molar-refractivity contribution in [1.82, 2.24) is 0 Å². The van der Waals surface area contributed by atoms with Gasteiger partial charge in [0, 0.05) is 6.21 Å². The summed E-state index contributed by atoms with van der Waals surface area (Å²) in [5.41, 5.74) is 8.44. The average molecular weight is 305 g/mol. The number of aryl methyl sites for hydroxylation is 1. The highest BCUT2D eigenvalue weighted by Crippen LogP contribution is 2.24. The zero-order chi connectivity index (χ0) is 16.7. The van der Waals surface area contributed by atoms with Crippen molar-refractivity contribution in [1.29, 1.82) is 0 Å². The summed E-state index contributed by atoms with van der Waals surface area (Å²) >= 11 is 0. The first kappa shape index (κ1) is 17.2. The van der Waals surface area contributed by atoms with Gasteiger partial charge in [0.1, 0.15) is 0 Å². The van der Waals surface area contributed by atoms with E-state index in [0.717, 1.165) is 24.9 Å². The molecule has 0 fully saturated rings. The van der Waals surface area contributed by atoms with Crippen LogP contribution in [0.2, 0.25) is 0 Å². The van der Waals surface area contributed by atoms with Gasteiger partial charge in [0.05, 0.1) is 5.69 Å². The van der Waals surface area contributed by atoms with Gasteiger partial charge in [-0.2, -0.15) is 0 Å². The maximum Gasteiger partial charge on any atom is 0.0654 e. The van der Waals surface area contributed by atoms with Crippen molar-refractivity contribution < 1.29 is 0 Å².